The number of carbonyl (C=O) groups excluding carboxylic acids is 2. The van der Waals surface area contributed by atoms with Crippen molar-refractivity contribution < 1.29 is 18.7 Å². The molecule has 0 aromatic heterocycles. The standard InChI is InChI=1S/C13H13BrFNO3/c1-3-6-16-12(17)8(2)19-13(18)10-5-4-9(15)7-11(10)14/h3-5,7-8H,1,6H2,2H3,(H,16,17)/t8-/m0/s1. The summed E-state index contributed by atoms with van der Waals surface area (Å²) in [5, 5.41) is 2.51. The van der Waals surface area contributed by atoms with Gasteiger partial charge in [0.05, 0.1) is 5.56 Å². The van der Waals surface area contributed by atoms with Crippen molar-refractivity contribution in [3.05, 3.63) is 46.7 Å². The second kappa shape index (κ2) is 7.04. The van der Waals surface area contributed by atoms with Crippen LogP contribution in [-0.2, 0) is 9.53 Å². The highest BCUT2D eigenvalue weighted by Gasteiger charge is 2.20. The number of amides is 1. The largest absolute Gasteiger partial charge is 0.449 e. The number of halogens is 2. The topological polar surface area (TPSA) is 55.4 Å². The Kier molecular flexibility index (Phi) is 5.69. The van der Waals surface area contributed by atoms with Gasteiger partial charge in [-0.3, -0.25) is 4.79 Å². The van der Waals surface area contributed by atoms with Gasteiger partial charge in [-0.25, -0.2) is 9.18 Å². The Morgan fingerprint density at radius 1 is 1.58 bits per heavy atom. The van der Waals surface area contributed by atoms with E-state index in [9.17, 15) is 14.0 Å². The molecule has 1 aromatic carbocycles. The van der Waals surface area contributed by atoms with Crippen LogP contribution >= 0.6 is 15.9 Å². The van der Waals surface area contributed by atoms with E-state index >= 15 is 0 Å². The summed E-state index contributed by atoms with van der Waals surface area (Å²) in [6.45, 7) is 5.20. The predicted octanol–water partition coefficient (Wildman–Crippen LogP) is 2.44. The molecular weight excluding hydrogens is 317 g/mol. The SMILES string of the molecule is C=CCNC(=O)[C@H](C)OC(=O)c1ccc(F)cc1Br. The zero-order valence-corrected chi connectivity index (χ0v) is 11.9. The van der Waals surface area contributed by atoms with Gasteiger partial charge in [0.1, 0.15) is 5.82 Å². The Balaban J connectivity index is 2.68. The number of hydrogen-bond donors (Lipinski definition) is 1. The number of esters is 1. The van der Waals surface area contributed by atoms with Gasteiger partial charge in [0.25, 0.3) is 5.91 Å². The maximum Gasteiger partial charge on any atom is 0.340 e. The van der Waals surface area contributed by atoms with E-state index in [1.54, 1.807) is 0 Å². The normalized spacial score (nSPS) is 11.5. The van der Waals surface area contributed by atoms with E-state index < -0.39 is 23.8 Å². The highest BCUT2D eigenvalue weighted by molar-refractivity contribution is 9.10. The quantitative estimate of drug-likeness (QED) is 0.666. The van der Waals surface area contributed by atoms with Crippen LogP contribution in [-0.4, -0.2) is 24.5 Å². The summed E-state index contributed by atoms with van der Waals surface area (Å²) in [5.74, 6) is -1.60. The summed E-state index contributed by atoms with van der Waals surface area (Å²) in [5.41, 5.74) is 0.157. The van der Waals surface area contributed by atoms with E-state index in [-0.39, 0.29) is 10.0 Å². The molecule has 0 unspecified atom stereocenters. The van der Waals surface area contributed by atoms with Crippen LogP contribution in [0.4, 0.5) is 4.39 Å². The number of rotatable bonds is 5. The molecule has 1 aromatic rings. The molecule has 1 rings (SSSR count). The number of nitrogens with one attached hydrogen (secondary N) is 1. The lowest BCUT2D eigenvalue weighted by molar-refractivity contribution is -0.128. The molecule has 102 valence electrons. The van der Waals surface area contributed by atoms with Crippen LogP contribution in [0.3, 0.4) is 0 Å². The maximum atomic E-state index is 12.9. The molecule has 0 fully saturated rings. The highest BCUT2D eigenvalue weighted by Crippen LogP contribution is 2.19. The van der Waals surface area contributed by atoms with Crippen molar-refractivity contribution in [3.8, 4) is 0 Å². The average molecular weight is 330 g/mol. The van der Waals surface area contributed by atoms with Crippen molar-refractivity contribution >= 4 is 27.8 Å². The van der Waals surface area contributed by atoms with Gasteiger partial charge in [0.15, 0.2) is 6.10 Å². The van der Waals surface area contributed by atoms with Gasteiger partial charge >= 0.3 is 5.97 Å². The van der Waals surface area contributed by atoms with Crippen LogP contribution in [0.1, 0.15) is 17.3 Å². The Labute approximate surface area is 118 Å². The first kappa shape index (κ1) is 15.4. The van der Waals surface area contributed by atoms with E-state index in [0.717, 1.165) is 12.1 Å². The van der Waals surface area contributed by atoms with E-state index in [0.29, 0.717) is 6.54 Å². The fraction of sp³-hybridized carbons (Fsp3) is 0.231. The third kappa shape index (κ3) is 4.48. The van der Waals surface area contributed by atoms with Crippen molar-refractivity contribution in [2.45, 2.75) is 13.0 Å². The summed E-state index contributed by atoms with van der Waals surface area (Å²) in [6, 6.07) is 3.58. The van der Waals surface area contributed by atoms with Gasteiger partial charge in [-0.1, -0.05) is 6.08 Å². The first-order valence-corrected chi connectivity index (χ1v) is 6.29. The molecule has 0 bridgehead atoms. The van der Waals surface area contributed by atoms with Gasteiger partial charge in [0, 0.05) is 11.0 Å². The lowest BCUT2D eigenvalue weighted by Gasteiger charge is -2.13. The van der Waals surface area contributed by atoms with Crippen molar-refractivity contribution in [1.82, 2.24) is 5.32 Å². The first-order chi connectivity index (χ1) is 8.95. The summed E-state index contributed by atoms with van der Waals surface area (Å²) < 4.78 is 18.1. The van der Waals surface area contributed by atoms with Crippen LogP contribution in [0.25, 0.3) is 0 Å². The summed E-state index contributed by atoms with van der Waals surface area (Å²) in [7, 11) is 0. The molecule has 0 saturated carbocycles. The number of ether oxygens (including phenoxy) is 1. The van der Waals surface area contributed by atoms with Crippen LogP contribution in [0.5, 0.6) is 0 Å². The minimum Gasteiger partial charge on any atom is -0.449 e. The molecule has 4 nitrogen and oxygen atoms in total. The Morgan fingerprint density at radius 3 is 2.84 bits per heavy atom. The van der Waals surface area contributed by atoms with E-state index in [1.807, 2.05) is 0 Å². The molecule has 0 spiro atoms. The molecule has 0 aliphatic rings. The van der Waals surface area contributed by atoms with Gasteiger partial charge in [0.2, 0.25) is 0 Å². The second-order valence-corrected chi connectivity index (χ2v) is 4.56. The molecule has 0 aliphatic carbocycles. The fourth-order valence-corrected chi connectivity index (χ4v) is 1.76. The summed E-state index contributed by atoms with van der Waals surface area (Å²) in [4.78, 5) is 23.3. The van der Waals surface area contributed by atoms with Crippen LogP contribution in [0.2, 0.25) is 0 Å². The second-order valence-electron chi connectivity index (χ2n) is 3.71. The van der Waals surface area contributed by atoms with Crippen LogP contribution in [0, 0.1) is 5.82 Å². The minimum atomic E-state index is -0.940. The Bertz CT molecular complexity index is 505. The molecule has 0 saturated heterocycles. The fourth-order valence-electron chi connectivity index (χ4n) is 1.25. The maximum absolute atomic E-state index is 12.9. The van der Waals surface area contributed by atoms with Crippen molar-refractivity contribution in [2.24, 2.45) is 0 Å². The van der Waals surface area contributed by atoms with Gasteiger partial charge in [-0.15, -0.1) is 6.58 Å². The van der Waals surface area contributed by atoms with Gasteiger partial charge in [-0.2, -0.15) is 0 Å². The summed E-state index contributed by atoms with van der Waals surface area (Å²) in [6.07, 6.45) is 0.576. The molecule has 0 aliphatic heterocycles. The highest BCUT2D eigenvalue weighted by atomic mass is 79.9. The minimum absolute atomic E-state index is 0.157. The molecule has 1 amide bonds. The van der Waals surface area contributed by atoms with Crippen molar-refractivity contribution in [2.75, 3.05) is 6.54 Å². The smallest absolute Gasteiger partial charge is 0.340 e. The van der Waals surface area contributed by atoms with Crippen LogP contribution < -0.4 is 5.32 Å². The van der Waals surface area contributed by atoms with Gasteiger partial charge in [-0.05, 0) is 41.1 Å². The lowest BCUT2D eigenvalue weighted by Crippen LogP contribution is -2.35. The molecule has 1 atom stereocenters. The van der Waals surface area contributed by atoms with Gasteiger partial charge < -0.3 is 10.1 Å². The molecule has 1 N–H and O–H groups in total. The van der Waals surface area contributed by atoms with E-state index in [2.05, 4.69) is 27.8 Å². The molecule has 0 radical (unpaired) electrons. The van der Waals surface area contributed by atoms with E-state index in [1.165, 1.54) is 19.1 Å². The number of benzene rings is 1. The Morgan fingerprint density at radius 2 is 2.26 bits per heavy atom. The zero-order chi connectivity index (χ0) is 14.4. The molecular formula is C13H13BrFNO3. The van der Waals surface area contributed by atoms with E-state index in [4.69, 9.17) is 4.74 Å². The molecule has 19 heavy (non-hydrogen) atoms. The monoisotopic (exact) mass is 329 g/mol. The third-order valence-electron chi connectivity index (χ3n) is 2.22. The predicted molar refractivity (Wildman–Crippen MR) is 72.2 cm³/mol. The van der Waals surface area contributed by atoms with Crippen molar-refractivity contribution in [3.63, 3.8) is 0 Å². The molecule has 0 heterocycles. The van der Waals surface area contributed by atoms with Crippen molar-refractivity contribution in [1.29, 1.82) is 0 Å². The number of hydrogen-bond acceptors (Lipinski definition) is 3. The first-order valence-electron chi connectivity index (χ1n) is 5.50. The summed E-state index contributed by atoms with van der Waals surface area (Å²) >= 11 is 3.06. The average Bonchev–Trinajstić information content (AvgIpc) is 2.35. The lowest BCUT2D eigenvalue weighted by atomic mass is 10.2. The Hall–Kier alpha value is -1.69. The number of carbonyl (C=O) groups is 2. The van der Waals surface area contributed by atoms with Crippen LogP contribution in [0.15, 0.2) is 35.3 Å². The zero-order valence-electron chi connectivity index (χ0n) is 10.3. The third-order valence-corrected chi connectivity index (χ3v) is 2.88. The molecule has 6 heteroatoms.